The average molecular weight is 201 g/mol. The Hall–Kier alpha value is -0.730. The number of aliphatic hydroxyl groups excluding tert-OH is 1. The zero-order chi connectivity index (χ0) is 9.68. The molecule has 0 bridgehead atoms. The number of ether oxygens (including phenoxy) is 1. The Morgan fingerprint density at radius 1 is 1.46 bits per heavy atom. The number of methoxy groups -OCH3 is 1. The number of rotatable bonds is 4. The smallest absolute Gasteiger partial charge is 0.123 e. The van der Waals surface area contributed by atoms with E-state index in [4.69, 9.17) is 21.4 Å². The van der Waals surface area contributed by atoms with Crippen molar-refractivity contribution in [1.29, 1.82) is 0 Å². The molecule has 3 heteroatoms. The Bertz CT molecular complexity index is 274. The third-order valence-electron chi connectivity index (χ3n) is 1.85. The van der Waals surface area contributed by atoms with Gasteiger partial charge in [-0.15, -0.1) is 0 Å². The van der Waals surface area contributed by atoms with Crippen LogP contribution in [0.1, 0.15) is 12.0 Å². The molecule has 1 rings (SSSR count). The molecule has 0 amide bonds. The van der Waals surface area contributed by atoms with Crippen molar-refractivity contribution in [1.82, 2.24) is 0 Å². The Balaban J connectivity index is 2.79. The van der Waals surface area contributed by atoms with Crippen molar-refractivity contribution in [2.45, 2.75) is 12.8 Å². The number of hydrogen-bond donors (Lipinski definition) is 1. The van der Waals surface area contributed by atoms with Gasteiger partial charge in [-0.1, -0.05) is 17.7 Å². The molecule has 0 radical (unpaired) electrons. The van der Waals surface area contributed by atoms with Crippen molar-refractivity contribution in [3.63, 3.8) is 0 Å². The largest absolute Gasteiger partial charge is 0.496 e. The second kappa shape index (κ2) is 5.10. The van der Waals surface area contributed by atoms with Crippen molar-refractivity contribution >= 4 is 11.6 Å². The fourth-order valence-electron chi connectivity index (χ4n) is 1.19. The molecule has 72 valence electrons. The molecule has 0 atom stereocenters. The lowest BCUT2D eigenvalue weighted by atomic mass is 10.1. The van der Waals surface area contributed by atoms with E-state index in [0.717, 1.165) is 24.2 Å². The molecular formula is C10H13ClO2. The number of hydrogen-bond acceptors (Lipinski definition) is 2. The van der Waals surface area contributed by atoms with E-state index in [0.29, 0.717) is 5.02 Å². The molecule has 0 unspecified atom stereocenters. The molecule has 0 aliphatic rings. The SMILES string of the molecule is COc1cc(Cl)ccc1CCCO. The molecule has 0 heterocycles. The summed E-state index contributed by atoms with van der Waals surface area (Å²) >= 11 is 5.80. The minimum absolute atomic E-state index is 0.200. The summed E-state index contributed by atoms with van der Waals surface area (Å²) in [6.07, 6.45) is 1.56. The molecule has 1 aromatic rings. The highest BCUT2D eigenvalue weighted by Gasteiger charge is 2.02. The Kier molecular flexibility index (Phi) is 4.06. The summed E-state index contributed by atoms with van der Waals surface area (Å²) in [5, 5.41) is 9.35. The zero-order valence-corrected chi connectivity index (χ0v) is 8.34. The van der Waals surface area contributed by atoms with Gasteiger partial charge in [0.15, 0.2) is 0 Å². The third-order valence-corrected chi connectivity index (χ3v) is 2.09. The fourth-order valence-corrected chi connectivity index (χ4v) is 1.36. The van der Waals surface area contributed by atoms with Gasteiger partial charge in [0.25, 0.3) is 0 Å². The molecule has 0 spiro atoms. The average Bonchev–Trinajstić information content (AvgIpc) is 2.16. The van der Waals surface area contributed by atoms with Gasteiger partial charge in [0.2, 0.25) is 0 Å². The van der Waals surface area contributed by atoms with Gasteiger partial charge in [-0.2, -0.15) is 0 Å². The van der Waals surface area contributed by atoms with Crippen LogP contribution in [0.25, 0.3) is 0 Å². The van der Waals surface area contributed by atoms with Gasteiger partial charge in [0.05, 0.1) is 7.11 Å². The first-order valence-electron chi connectivity index (χ1n) is 4.21. The summed E-state index contributed by atoms with van der Waals surface area (Å²) in [7, 11) is 1.62. The molecule has 0 aliphatic carbocycles. The molecule has 13 heavy (non-hydrogen) atoms. The van der Waals surface area contributed by atoms with Crippen LogP contribution in [0.3, 0.4) is 0 Å². The van der Waals surface area contributed by atoms with Crippen molar-refractivity contribution in [3.8, 4) is 5.75 Å². The van der Waals surface area contributed by atoms with Crippen LogP contribution in [0.2, 0.25) is 5.02 Å². The lowest BCUT2D eigenvalue weighted by molar-refractivity contribution is 0.287. The normalized spacial score (nSPS) is 10.1. The molecule has 0 aliphatic heterocycles. The summed E-state index contributed by atoms with van der Waals surface area (Å²) < 4.78 is 5.16. The monoisotopic (exact) mass is 200 g/mol. The maximum atomic E-state index is 8.68. The fraction of sp³-hybridized carbons (Fsp3) is 0.400. The first-order chi connectivity index (χ1) is 6.27. The van der Waals surface area contributed by atoms with E-state index < -0.39 is 0 Å². The van der Waals surface area contributed by atoms with Gasteiger partial charge in [0.1, 0.15) is 5.75 Å². The van der Waals surface area contributed by atoms with Gasteiger partial charge < -0.3 is 9.84 Å². The van der Waals surface area contributed by atoms with Crippen molar-refractivity contribution < 1.29 is 9.84 Å². The highest BCUT2D eigenvalue weighted by Crippen LogP contribution is 2.23. The van der Waals surface area contributed by atoms with Gasteiger partial charge in [-0.3, -0.25) is 0 Å². The quantitative estimate of drug-likeness (QED) is 0.808. The highest BCUT2D eigenvalue weighted by molar-refractivity contribution is 6.30. The Morgan fingerprint density at radius 2 is 2.23 bits per heavy atom. The minimum atomic E-state index is 0.200. The number of benzene rings is 1. The molecule has 0 aromatic heterocycles. The highest BCUT2D eigenvalue weighted by atomic mass is 35.5. The second-order valence-corrected chi connectivity index (χ2v) is 3.22. The van der Waals surface area contributed by atoms with E-state index in [2.05, 4.69) is 0 Å². The van der Waals surface area contributed by atoms with Crippen LogP contribution in [-0.4, -0.2) is 18.8 Å². The van der Waals surface area contributed by atoms with Crippen LogP contribution in [0.4, 0.5) is 0 Å². The standard InChI is InChI=1S/C10H13ClO2/c1-13-10-7-9(11)5-4-8(10)3-2-6-12/h4-5,7,12H,2-3,6H2,1H3. The number of aliphatic hydroxyl groups is 1. The third kappa shape index (κ3) is 2.90. The summed E-state index contributed by atoms with van der Waals surface area (Å²) in [5.41, 5.74) is 1.08. The van der Waals surface area contributed by atoms with Crippen molar-refractivity contribution in [2.24, 2.45) is 0 Å². The summed E-state index contributed by atoms with van der Waals surface area (Å²) in [5.74, 6) is 0.793. The molecule has 0 saturated carbocycles. The zero-order valence-electron chi connectivity index (χ0n) is 7.59. The lowest BCUT2D eigenvalue weighted by Gasteiger charge is -2.07. The van der Waals surface area contributed by atoms with E-state index >= 15 is 0 Å². The van der Waals surface area contributed by atoms with Gasteiger partial charge in [0, 0.05) is 11.6 Å². The van der Waals surface area contributed by atoms with E-state index in [1.807, 2.05) is 12.1 Å². The molecule has 1 aromatic carbocycles. The van der Waals surface area contributed by atoms with E-state index in [9.17, 15) is 0 Å². The van der Waals surface area contributed by atoms with E-state index in [1.165, 1.54) is 0 Å². The molecular weight excluding hydrogens is 188 g/mol. The maximum absolute atomic E-state index is 8.68. The maximum Gasteiger partial charge on any atom is 0.123 e. The first kappa shape index (κ1) is 10.4. The van der Waals surface area contributed by atoms with Crippen LogP contribution < -0.4 is 4.74 Å². The van der Waals surface area contributed by atoms with E-state index in [-0.39, 0.29) is 6.61 Å². The predicted octanol–water partition coefficient (Wildman–Crippen LogP) is 2.27. The van der Waals surface area contributed by atoms with Crippen LogP contribution >= 0.6 is 11.6 Å². The Morgan fingerprint density at radius 3 is 2.85 bits per heavy atom. The van der Waals surface area contributed by atoms with Gasteiger partial charge in [-0.25, -0.2) is 0 Å². The van der Waals surface area contributed by atoms with Crippen LogP contribution in [-0.2, 0) is 6.42 Å². The number of halogens is 1. The minimum Gasteiger partial charge on any atom is -0.496 e. The molecule has 1 N–H and O–H groups in total. The topological polar surface area (TPSA) is 29.5 Å². The molecule has 0 saturated heterocycles. The summed E-state index contributed by atoms with van der Waals surface area (Å²) in [6, 6.07) is 5.54. The molecule has 2 nitrogen and oxygen atoms in total. The van der Waals surface area contributed by atoms with Crippen LogP contribution in [0, 0.1) is 0 Å². The lowest BCUT2D eigenvalue weighted by Crippen LogP contribution is -1.94. The molecule has 0 fully saturated rings. The second-order valence-electron chi connectivity index (χ2n) is 2.78. The van der Waals surface area contributed by atoms with Crippen LogP contribution in [0.5, 0.6) is 5.75 Å². The number of aryl methyl sites for hydroxylation is 1. The summed E-state index contributed by atoms with van der Waals surface area (Å²) in [4.78, 5) is 0. The van der Waals surface area contributed by atoms with Crippen molar-refractivity contribution in [3.05, 3.63) is 28.8 Å². The van der Waals surface area contributed by atoms with Crippen molar-refractivity contribution in [2.75, 3.05) is 13.7 Å². The summed E-state index contributed by atoms with van der Waals surface area (Å²) in [6.45, 7) is 0.200. The van der Waals surface area contributed by atoms with Crippen LogP contribution in [0.15, 0.2) is 18.2 Å². The predicted molar refractivity (Wildman–Crippen MR) is 53.4 cm³/mol. The first-order valence-corrected chi connectivity index (χ1v) is 4.59. The van der Waals surface area contributed by atoms with E-state index in [1.54, 1.807) is 13.2 Å². The van der Waals surface area contributed by atoms with Gasteiger partial charge >= 0.3 is 0 Å². The Labute approximate surface area is 83.1 Å². The van der Waals surface area contributed by atoms with Gasteiger partial charge in [-0.05, 0) is 30.5 Å².